The maximum absolute atomic E-state index is 12.1. The van der Waals surface area contributed by atoms with Crippen LogP contribution in [0.25, 0.3) is 0 Å². The minimum atomic E-state index is -0.185. The van der Waals surface area contributed by atoms with E-state index in [0.717, 1.165) is 43.3 Å². The van der Waals surface area contributed by atoms with E-state index in [1.807, 2.05) is 25.7 Å². The molecule has 2 N–H and O–H groups in total. The predicted molar refractivity (Wildman–Crippen MR) is 85.8 cm³/mol. The van der Waals surface area contributed by atoms with Crippen molar-refractivity contribution in [3.05, 3.63) is 5.82 Å². The number of carbonyl (C=O) groups excluding carboxylic acids is 1. The van der Waals surface area contributed by atoms with Gasteiger partial charge in [-0.1, -0.05) is 6.92 Å². The summed E-state index contributed by atoms with van der Waals surface area (Å²) >= 11 is 1.42. The normalized spacial score (nSPS) is 16.9. The van der Waals surface area contributed by atoms with Crippen LogP contribution in [0.3, 0.4) is 0 Å². The first-order chi connectivity index (χ1) is 9.87. The lowest BCUT2D eigenvalue weighted by molar-refractivity contribution is 0.175. The molecule has 0 spiro atoms. The molecule has 118 valence electrons. The average molecular weight is 311 g/mol. The third-order valence-corrected chi connectivity index (χ3v) is 4.06. The molecule has 1 aromatic heterocycles. The first kappa shape index (κ1) is 16.0. The van der Waals surface area contributed by atoms with Crippen molar-refractivity contribution in [2.75, 3.05) is 18.4 Å². The van der Waals surface area contributed by atoms with Crippen molar-refractivity contribution in [3.63, 3.8) is 0 Å². The van der Waals surface area contributed by atoms with Crippen molar-refractivity contribution in [3.8, 4) is 0 Å². The molecule has 1 aromatic rings. The van der Waals surface area contributed by atoms with Gasteiger partial charge in [0.15, 0.2) is 0 Å². The van der Waals surface area contributed by atoms with Gasteiger partial charge in [-0.25, -0.2) is 9.78 Å². The van der Waals surface area contributed by atoms with Crippen LogP contribution < -0.4 is 10.6 Å². The number of amides is 2. The van der Waals surface area contributed by atoms with Crippen LogP contribution in [0.4, 0.5) is 9.93 Å². The molecule has 7 heteroatoms. The molecular weight excluding hydrogens is 286 g/mol. The summed E-state index contributed by atoms with van der Waals surface area (Å²) in [6.45, 7) is 9.61. The molecule has 6 nitrogen and oxygen atoms in total. The van der Waals surface area contributed by atoms with Crippen molar-refractivity contribution in [2.45, 2.75) is 58.5 Å². The maximum atomic E-state index is 12.1. The van der Waals surface area contributed by atoms with Gasteiger partial charge in [-0.05, 0) is 33.6 Å². The Kier molecular flexibility index (Phi) is 5.03. The fourth-order valence-corrected chi connectivity index (χ4v) is 2.98. The molecule has 21 heavy (non-hydrogen) atoms. The van der Waals surface area contributed by atoms with E-state index < -0.39 is 0 Å². The third kappa shape index (κ3) is 4.84. The zero-order chi connectivity index (χ0) is 15.5. The predicted octanol–water partition coefficient (Wildman–Crippen LogP) is 2.48. The van der Waals surface area contributed by atoms with Gasteiger partial charge in [0.05, 0.1) is 0 Å². The van der Waals surface area contributed by atoms with Crippen molar-refractivity contribution in [1.29, 1.82) is 0 Å². The van der Waals surface area contributed by atoms with E-state index in [1.165, 1.54) is 11.5 Å². The molecule has 1 saturated heterocycles. The van der Waals surface area contributed by atoms with Crippen LogP contribution in [0.1, 0.15) is 46.4 Å². The van der Waals surface area contributed by atoms with E-state index >= 15 is 0 Å². The summed E-state index contributed by atoms with van der Waals surface area (Å²) in [6, 6.07) is 0.409. The van der Waals surface area contributed by atoms with E-state index in [9.17, 15) is 4.79 Å². The van der Waals surface area contributed by atoms with Crippen LogP contribution in [0, 0.1) is 0 Å². The fourth-order valence-electron chi connectivity index (χ4n) is 2.26. The standard InChI is InChI=1S/C14H25N5OS/c1-5-11-16-12(21-18-11)15-10-6-8-19(9-7-10)13(20)17-14(2,3)4/h10H,5-9H2,1-4H3,(H,17,20)(H,15,16,18). The first-order valence-corrected chi connectivity index (χ1v) is 8.31. The van der Waals surface area contributed by atoms with Gasteiger partial charge in [-0.15, -0.1) is 0 Å². The van der Waals surface area contributed by atoms with Crippen LogP contribution in [-0.4, -0.2) is 45.0 Å². The molecule has 1 aliphatic heterocycles. The number of nitrogens with zero attached hydrogens (tertiary/aromatic N) is 3. The number of anilines is 1. The Morgan fingerprint density at radius 2 is 2.05 bits per heavy atom. The lowest BCUT2D eigenvalue weighted by Crippen LogP contribution is -2.51. The highest BCUT2D eigenvalue weighted by atomic mass is 32.1. The van der Waals surface area contributed by atoms with E-state index in [0.29, 0.717) is 6.04 Å². The van der Waals surface area contributed by atoms with Gasteiger partial charge in [0.1, 0.15) is 5.82 Å². The summed E-state index contributed by atoms with van der Waals surface area (Å²) in [5, 5.41) is 7.33. The molecule has 1 fully saturated rings. The third-order valence-electron chi connectivity index (χ3n) is 3.38. The quantitative estimate of drug-likeness (QED) is 0.900. The number of likely N-dealkylation sites (tertiary alicyclic amines) is 1. The number of urea groups is 1. The molecule has 2 heterocycles. The SMILES string of the molecule is CCc1nsc(NC2CCN(C(=O)NC(C)(C)C)CC2)n1. The van der Waals surface area contributed by atoms with E-state index in [4.69, 9.17) is 0 Å². The number of nitrogens with one attached hydrogen (secondary N) is 2. The number of aryl methyl sites for hydroxylation is 1. The Hall–Kier alpha value is -1.37. The monoisotopic (exact) mass is 311 g/mol. The molecule has 0 aromatic carbocycles. The van der Waals surface area contributed by atoms with Crippen molar-refractivity contribution in [2.24, 2.45) is 0 Å². The minimum absolute atomic E-state index is 0.0325. The highest BCUT2D eigenvalue weighted by Gasteiger charge is 2.25. The zero-order valence-electron chi connectivity index (χ0n) is 13.3. The Bertz CT molecular complexity index is 474. The number of hydrogen-bond donors (Lipinski definition) is 2. The van der Waals surface area contributed by atoms with Gasteiger partial charge in [0.25, 0.3) is 0 Å². The molecule has 0 saturated carbocycles. The highest BCUT2D eigenvalue weighted by Crippen LogP contribution is 2.18. The molecular formula is C14H25N5OS. The van der Waals surface area contributed by atoms with Gasteiger partial charge in [0.2, 0.25) is 5.13 Å². The van der Waals surface area contributed by atoms with E-state index in [2.05, 4.69) is 26.9 Å². The van der Waals surface area contributed by atoms with Gasteiger partial charge in [-0.3, -0.25) is 0 Å². The second-order valence-electron chi connectivity index (χ2n) is 6.46. The van der Waals surface area contributed by atoms with Crippen LogP contribution in [0.2, 0.25) is 0 Å². The zero-order valence-corrected chi connectivity index (χ0v) is 14.1. The number of piperidine rings is 1. The van der Waals surface area contributed by atoms with Crippen LogP contribution in [-0.2, 0) is 6.42 Å². The van der Waals surface area contributed by atoms with Crippen LogP contribution in [0.5, 0.6) is 0 Å². The van der Waals surface area contributed by atoms with Crippen molar-refractivity contribution >= 4 is 22.7 Å². The Balaban J connectivity index is 1.79. The van der Waals surface area contributed by atoms with Crippen molar-refractivity contribution in [1.82, 2.24) is 19.6 Å². The lowest BCUT2D eigenvalue weighted by atomic mass is 10.1. The van der Waals surface area contributed by atoms with Gasteiger partial charge in [-0.2, -0.15) is 4.37 Å². The smallest absolute Gasteiger partial charge is 0.317 e. The Labute approximate surface area is 130 Å². The summed E-state index contributed by atoms with van der Waals surface area (Å²) in [5.74, 6) is 0.893. The second kappa shape index (κ2) is 6.60. The topological polar surface area (TPSA) is 70.2 Å². The molecule has 0 bridgehead atoms. The lowest BCUT2D eigenvalue weighted by Gasteiger charge is -2.34. The summed E-state index contributed by atoms with van der Waals surface area (Å²) in [6.07, 6.45) is 2.75. The number of rotatable bonds is 3. The summed E-state index contributed by atoms with van der Waals surface area (Å²) in [7, 11) is 0. The minimum Gasteiger partial charge on any atom is -0.357 e. The molecule has 0 atom stereocenters. The van der Waals surface area contributed by atoms with E-state index in [1.54, 1.807) is 0 Å². The molecule has 0 unspecified atom stereocenters. The van der Waals surface area contributed by atoms with Gasteiger partial charge >= 0.3 is 6.03 Å². The molecule has 0 radical (unpaired) electrons. The Morgan fingerprint density at radius 1 is 1.38 bits per heavy atom. The second-order valence-corrected chi connectivity index (χ2v) is 7.21. The van der Waals surface area contributed by atoms with E-state index in [-0.39, 0.29) is 11.6 Å². The Morgan fingerprint density at radius 3 is 2.57 bits per heavy atom. The summed E-state index contributed by atoms with van der Waals surface area (Å²) in [5.41, 5.74) is -0.185. The van der Waals surface area contributed by atoms with Crippen LogP contribution in [0.15, 0.2) is 0 Å². The largest absolute Gasteiger partial charge is 0.357 e. The summed E-state index contributed by atoms with van der Waals surface area (Å²) < 4.78 is 4.28. The van der Waals surface area contributed by atoms with Gasteiger partial charge < -0.3 is 15.5 Å². The molecule has 2 amide bonds. The number of carbonyl (C=O) groups is 1. The highest BCUT2D eigenvalue weighted by molar-refractivity contribution is 7.09. The van der Waals surface area contributed by atoms with Crippen molar-refractivity contribution < 1.29 is 4.79 Å². The number of hydrogen-bond acceptors (Lipinski definition) is 5. The fraction of sp³-hybridized carbons (Fsp3) is 0.786. The maximum Gasteiger partial charge on any atom is 0.317 e. The number of aromatic nitrogens is 2. The molecule has 0 aliphatic carbocycles. The average Bonchev–Trinajstić information content (AvgIpc) is 2.85. The molecule has 2 rings (SSSR count). The summed E-state index contributed by atoms with van der Waals surface area (Å²) in [4.78, 5) is 18.4. The van der Waals surface area contributed by atoms with Crippen LogP contribution >= 0.6 is 11.5 Å². The first-order valence-electron chi connectivity index (χ1n) is 7.53. The molecule has 1 aliphatic rings. The van der Waals surface area contributed by atoms with Gasteiger partial charge in [0, 0.05) is 42.6 Å².